The first kappa shape index (κ1) is 7.17. The van der Waals surface area contributed by atoms with Gasteiger partial charge >= 0.3 is 0 Å². The van der Waals surface area contributed by atoms with E-state index in [2.05, 4.69) is 25.1 Å². The average Bonchev–Trinajstić information content (AvgIpc) is 2.35. The van der Waals surface area contributed by atoms with Crippen LogP contribution >= 0.6 is 11.6 Å². The minimum Gasteiger partial charge on any atom is -0.118 e. The number of hydrogen-bond acceptors (Lipinski definition) is 0. The predicted octanol–water partition coefficient (Wildman–Crippen LogP) is 3.22. The van der Waals surface area contributed by atoms with Crippen molar-refractivity contribution in [2.45, 2.75) is 25.1 Å². The summed E-state index contributed by atoms with van der Waals surface area (Å²) >= 11 is 6.11. The summed E-state index contributed by atoms with van der Waals surface area (Å²) in [4.78, 5) is 0. The molecule has 58 valence electrons. The fraction of sp³-hybridized carbons (Fsp3) is 0.400. The molecule has 1 aliphatic rings. The molecule has 0 amide bonds. The van der Waals surface area contributed by atoms with E-state index in [4.69, 9.17) is 11.6 Å². The Balaban J connectivity index is 2.57. The third kappa shape index (κ3) is 1.06. The maximum absolute atomic E-state index is 6.11. The Hall–Kier alpha value is -0.490. The molecular weight excluding hydrogens is 156 g/mol. The van der Waals surface area contributed by atoms with Gasteiger partial charge < -0.3 is 0 Å². The molecule has 1 heteroatoms. The summed E-state index contributed by atoms with van der Waals surface area (Å²) in [5, 5.41) is 0.268. The van der Waals surface area contributed by atoms with Crippen molar-refractivity contribution in [3.05, 3.63) is 34.9 Å². The molecule has 0 fully saturated rings. The van der Waals surface area contributed by atoms with Gasteiger partial charge in [-0.25, -0.2) is 0 Å². The molecule has 0 nitrogen and oxygen atoms in total. The van der Waals surface area contributed by atoms with Gasteiger partial charge in [-0.15, -0.1) is 11.6 Å². The molecule has 0 heterocycles. The van der Waals surface area contributed by atoms with Crippen molar-refractivity contribution in [1.29, 1.82) is 0 Å². The molecule has 11 heavy (non-hydrogen) atoms. The highest BCUT2D eigenvalue weighted by molar-refractivity contribution is 6.21. The van der Waals surface area contributed by atoms with Crippen LogP contribution in [0.5, 0.6) is 0 Å². The summed E-state index contributed by atoms with van der Waals surface area (Å²) < 4.78 is 0. The second-order valence-electron chi connectivity index (χ2n) is 3.15. The summed E-state index contributed by atoms with van der Waals surface area (Å²) in [6.07, 6.45) is 2.28. The van der Waals surface area contributed by atoms with Gasteiger partial charge in [0.2, 0.25) is 0 Å². The fourth-order valence-corrected chi connectivity index (χ4v) is 2.10. The Morgan fingerprint density at radius 1 is 1.45 bits per heavy atom. The number of benzene rings is 1. The lowest BCUT2D eigenvalue weighted by Crippen LogP contribution is -1.86. The van der Waals surface area contributed by atoms with E-state index in [1.165, 1.54) is 16.7 Å². The molecule has 0 aromatic heterocycles. The molecule has 2 rings (SSSR count). The van der Waals surface area contributed by atoms with E-state index < -0.39 is 0 Å². The SMILES string of the molecule is Cc1cccc2c1CCC2Cl. The van der Waals surface area contributed by atoms with Crippen molar-refractivity contribution in [1.82, 2.24) is 0 Å². The van der Waals surface area contributed by atoms with Gasteiger partial charge in [0.15, 0.2) is 0 Å². The van der Waals surface area contributed by atoms with Crippen LogP contribution in [0.3, 0.4) is 0 Å². The number of halogens is 1. The number of hydrogen-bond donors (Lipinski definition) is 0. The number of aryl methyl sites for hydroxylation is 1. The Kier molecular flexibility index (Phi) is 1.65. The molecule has 1 unspecified atom stereocenters. The highest BCUT2D eigenvalue weighted by Gasteiger charge is 2.20. The van der Waals surface area contributed by atoms with Crippen LogP contribution in [0.15, 0.2) is 18.2 Å². The zero-order valence-corrected chi connectivity index (χ0v) is 7.36. The van der Waals surface area contributed by atoms with Crippen LogP contribution in [0.2, 0.25) is 0 Å². The minimum atomic E-state index is 0.268. The van der Waals surface area contributed by atoms with E-state index in [0.29, 0.717) is 0 Å². The van der Waals surface area contributed by atoms with Crippen LogP contribution < -0.4 is 0 Å². The van der Waals surface area contributed by atoms with Gasteiger partial charge in [0.1, 0.15) is 0 Å². The normalized spacial score (nSPS) is 21.8. The second-order valence-corrected chi connectivity index (χ2v) is 3.68. The lowest BCUT2D eigenvalue weighted by Gasteiger charge is -2.03. The molecule has 0 radical (unpaired) electrons. The maximum atomic E-state index is 6.11. The first-order chi connectivity index (χ1) is 5.29. The molecule has 1 atom stereocenters. The third-order valence-corrected chi connectivity index (χ3v) is 2.89. The van der Waals surface area contributed by atoms with Gasteiger partial charge in [-0.05, 0) is 36.5 Å². The summed E-state index contributed by atoms with van der Waals surface area (Å²) in [7, 11) is 0. The fourth-order valence-electron chi connectivity index (χ4n) is 1.79. The average molecular weight is 167 g/mol. The summed E-state index contributed by atoms with van der Waals surface area (Å²) in [5.41, 5.74) is 4.23. The standard InChI is InChI=1S/C10H11Cl/c1-7-3-2-4-9-8(7)5-6-10(9)11/h2-4,10H,5-6H2,1H3. The van der Waals surface area contributed by atoms with E-state index in [0.717, 1.165) is 12.8 Å². The zero-order chi connectivity index (χ0) is 7.84. The van der Waals surface area contributed by atoms with Gasteiger partial charge in [-0.1, -0.05) is 18.2 Å². The number of alkyl halides is 1. The topological polar surface area (TPSA) is 0 Å². The lowest BCUT2D eigenvalue weighted by atomic mass is 10.1. The highest BCUT2D eigenvalue weighted by atomic mass is 35.5. The zero-order valence-electron chi connectivity index (χ0n) is 6.60. The van der Waals surface area contributed by atoms with Crippen molar-refractivity contribution in [3.8, 4) is 0 Å². The van der Waals surface area contributed by atoms with E-state index in [-0.39, 0.29) is 5.38 Å². The van der Waals surface area contributed by atoms with Crippen LogP contribution in [0.1, 0.15) is 28.5 Å². The molecule has 0 aliphatic heterocycles. The van der Waals surface area contributed by atoms with Crippen molar-refractivity contribution in [2.75, 3.05) is 0 Å². The Labute approximate surface area is 72.2 Å². The Morgan fingerprint density at radius 3 is 3.00 bits per heavy atom. The van der Waals surface area contributed by atoms with E-state index >= 15 is 0 Å². The molecule has 0 saturated carbocycles. The van der Waals surface area contributed by atoms with Crippen molar-refractivity contribution >= 4 is 11.6 Å². The minimum absolute atomic E-state index is 0.268. The van der Waals surface area contributed by atoms with E-state index in [1.807, 2.05) is 0 Å². The molecular formula is C10H11Cl. The summed E-state index contributed by atoms with van der Waals surface area (Å²) in [5.74, 6) is 0. The van der Waals surface area contributed by atoms with E-state index in [1.54, 1.807) is 0 Å². The van der Waals surface area contributed by atoms with Gasteiger partial charge in [-0.3, -0.25) is 0 Å². The van der Waals surface area contributed by atoms with Crippen molar-refractivity contribution in [2.24, 2.45) is 0 Å². The van der Waals surface area contributed by atoms with Crippen LogP contribution in [-0.2, 0) is 6.42 Å². The van der Waals surface area contributed by atoms with Crippen LogP contribution in [0.4, 0.5) is 0 Å². The molecule has 1 aromatic rings. The molecule has 1 aliphatic carbocycles. The Morgan fingerprint density at radius 2 is 2.27 bits per heavy atom. The molecule has 0 saturated heterocycles. The Bertz CT molecular complexity index is 278. The van der Waals surface area contributed by atoms with Gasteiger partial charge in [0.25, 0.3) is 0 Å². The maximum Gasteiger partial charge on any atom is 0.0591 e. The lowest BCUT2D eigenvalue weighted by molar-refractivity contribution is 0.880. The molecule has 0 bridgehead atoms. The van der Waals surface area contributed by atoms with Crippen molar-refractivity contribution in [3.63, 3.8) is 0 Å². The highest BCUT2D eigenvalue weighted by Crippen LogP contribution is 2.37. The second kappa shape index (κ2) is 2.53. The quantitative estimate of drug-likeness (QED) is 0.520. The monoisotopic (exact) mass is 166 g/mol. The van der Waals surface area contributed by atoms with Crippen LogP contribution in [0, 0.1) is 6.92 Å². The largest absolute Gasteiger partial charge is 0.118 e. The van der Waals surface area contributed by atoms with Gasteiger partial charge in [0.05, 0.1) is 5.38 Å². The summed E-state index contributed by atoms with van der Waals surface area (Å²) in [6, 6.07) is 6.40. The first-order valence-electron chi connectivity index (χ1n) is 4.01. The van der Waals surface area contributed by atoms with Crippen molar-refractivity contribution < 1.29 is 0 Å². The first-order valence-corrected chi connectivity index (χ1v) is 4.45. The third-order valence-electron chi connectivity index (χ3n) is 2.43. The van der Waals surface area contributed by atoms with Crippen LogP contribution in [0.25, 0.3) is 0 Å². The smallest absolute Gasteiger partial charge is 0.0591 e. The molecule has 0 N–H and O–H groups in total. The molecule has 1 aromatic carbocycles. The predicted molar refractivity (Wildman–Crippen MR) is 48.1 cm³/mol. The molecule has 0 spiro atoms. The van der Waals surface area contributed by atoms with Crippen LogP contribution in [-0.4, -0.2) is 0 Å². The van der Waals surface area contributed by atoms with E-state index in [9.17, 15) is 0 Å². The number of rotatable bonds is 0. The van der Waals surface area contributed by atoms with Gasteiger partial charge in [0, 0.05) is 0 Å². The van der Waals surface area contributed by atoms with Gasteiger partial charge in [-0.2, -0.15) is 0 Å². The number of fused-ring (bicyclic) bond motifs is 1. The summed E-state index contributed by atoms with van der Waals surface area (Å²) in [6.45, 7) is 2.16.